The van der Waals surface area contributed by atoms with Gasteiger partial charge in [-0.3, -0.25) is 4.34 Å². The molecule has 1 aromatic carbocycles. The van der Waals surface area contributed by atoms with Crippen LogP contribution in [0.2, 0.25) is 0 Å². The molecular formula is C7H7BrN2S. The standard InChI is InChI=1S/C7H7BrN2S/c8-10-7(11)9-6-4-2-1-3-5-6/h1-5H,(H2,9,10,11). The van der Waals surface area contributed by atoms with Gasteiger partial charge < -0.3 is 5.32 Å². The summed E-state index contributed by atoms with van der Waals surface area (Å²) in [6.07, 6.45) is 0. The molecular weight excluding hydrogens is 224 g/mol. The predicted molar refractivity (Wildman–Crippen MR) is 54.7 cm³/mol. The van der Waals surface area contributed by atoms with Crippen LogP contribution in [0.25, 0.3) is 0 Å². The summed E-state index contributed by atoms with van der Waals surface area (Å²) in [5.41, 5.74) is 0.976. The molecule has 0 aliphatic carbocycles. The molecule has 0 saturated carbocycles. The second kappa shape index (κ2) is 4.31. The quantitative estimate of drug-likeness (QED) is 0.572. The van der Waals surface area contributed by atoms with E-state index in [9.17, 15) is 0 Å². The molecule has 0 atom stereocenters. The summed E-state index contributed by atoms with van der Waals surface area (Å²) in [6, 6.07) is 9.72. The van der Waals surface area contributed by atoms with Crippen LogP contribution in [-0.4, -0.2) is 5.11 Å². The molecule has 0 fully saturated rings. The molecule has 0 radical (unpaired) electrons. The van der Waals surface area contributed by atoms with Crippen LogP contribution in [0.5, 0.6) is 0 Å². The molecule has 0 amide bonds. The van der Waals surface area contributed by atoms with Crippen LogP contribution in [0.1, 0.15) is 0 Å². The Labute approximate surface area is 79.3 Å². The van der Waals surface area contributed by atoms with E-state index in [1.165, 1.54) is 0 Å². The summed E-state index contributed by atoms with van der Waals surface area (Å²) in [5.74, 6) is 0. The highest BCUT2D eigenvalue weighted by Gasteiger charge is 1.91. The minimum absolute atomic E-state index is 0.552. The minimum Gasteiger partial charge on any atom is -0.332 e. The van der Waals surface area contributed by atoms with Gasteiger partial charge in [-0.1, -0.05) is 18.2 Å². The minimum atomic E-state index is 0.552. The zero-order valence-electron chi connectivity index (χ0n) is 5.67. The maximum Gasteiger partial charge on any atom is 0.180 e. The molecule has 0 saturated heterocycles. The van der Waals surface area contributed by atoms with E-state index >= 15 is 0 Å². The summed E-state index contributed by atoms with van der Waals surface area (Å²) in [6.45, 7) is 0. The first-order chi connectivity index (χ1) is 5.33. The third kappa shape index (κ3) is 2.86. The molecule has 4 heteroatoms. The Morgan fingerprint density at radius 3 is 2.45 bits per heavy atom. The lowest BCUT2D eigenvalue weighted by Gasteiger charge is -2.03. The van der Waals surface area contributed by atoms with E-state index in [0.717, 1.165) is 5.69 Å². The largest absolute Gasteiger partial charge is 0.332 e. The van der Waals surface area contributed by atoms with E-state index in [-0.39, 0.29) is 0 Å². The monoisotopic (exact) mass is 230 g/mol. The number of halogens is 1. The highest BCUT2D eigenvalue weighted by Crippen LogP contribution is 2.04. The van der Waals surface area contributed by atoms with Gasteiger partial charge in [-0.2, -0.15) is 0 Å². The lowest BCUT2D eigenvalue weighted by molar-refractivity contribution is 1.55. The molecule has 0 heterocycles. The first-order valence-corrected chi connectivity index (χ1v) is 4.26. The van der Waals surface area contributed by atoms with E-state index < -0.39 is 0 Å². The van der Waals surface area contributed by atoms with Gasteiger partial charge in [0.25, 0.3) is 0 Å². The van der Waals surface area contributed by atoms with Crippen molar-refractivity contribution in [1.82, 2.24) is 4.34 Å². The molecule has 0 aromatic heterocycles. The first kappa shape index (κ1) is 8.49. The Hall–Kier alpha value is -0.610. The van der Waals surface area contributed by atoms with Crippen molar-refractivity contribution in [3.63, 3.8) is 0 Å². The molecule has 1 aromatic rings. The fourth-order valence-corrected chi connectivity index (χ4v) is 0.893. The van der Waals surface area contributed by atoms with Crippen molar-refractivity contribution in [3.05, 3.63) is 30.3 Å². The van der Waals surface area contributed by atoms with Gasteiger partial charge in [-0.25, -0.2) is 0 Å². The number of para-hydroxylation sites is 1. The summed E-state index contributed by atoms with van der Waals surface area (Å²) < 4.78 is 2.65. The number of nitrogens with one attached hydrogen (secondary N) is 2. The molecule has 2 N–H and O–H groups in total. The zero-order valence-corrected chi connectivity index (χ0v) is 8.08. The van der Waals surface area contributed by atoms with Gasteiger partial charge >= 0.3 is 0 Å². The summed E-state index contributed by atoms with van der Waals surface area (Å²) in [7, 11) is 0. The SMILES string of the molecule is S=C(NBr)Nc1ccccc1. The lowest BCUT2D eigenvalue weighted by Crippen LogP contribution is -2.19. The van der Waals surface area contributed by atoms with E-state index in [0.29, 0.717) is 5.11 Å². The third-order valence-corrected chi connectivity index (χ3v) is 1.98. The van der Waals surface area contributed by atoms with Crippen molar-refractivity contribution in [1.29, 1.82) is 0 Å². The molecule has 0 unspecified atom stereocenters. The number of rotatable bonds is 1. The second-order valence-corrected chi connectivity index (χ2v) is 2.72. The van der Waals surface area contributed by atoms with Crippen LogP contribution < -0.4 is 9.66 Å². The topological polar surface area (TPSA) is 24.1 Å². The van der Waals surface area contributed by atoms with Crippen LogP contribution in [0.15, 0.2) is 30.3 Å². The fourth-order valence-electron chi connectivity index (χ4n) is 0.676. The zero-order chi connectivity index (χ0) is 8.10. The Morgan fingerprint density at radius 2 is 1.91 bits per heavy atom. The summed E-state index contributed by atoms with van der Waals surface area (Å²) in [5, 5.41) is 3.52. The molecule has 11 heavy (non-hydrogen) atoms. The van der Waals surface area contributed by atoms with Crippen LogP contribution >= 0.6 is 28.4 Å². The van der Waals surface area contributed by atoms with Crippen LogP contribution in [0.3, 0.4) is 0 Å². The van der Waals surface area contributed by atoms with Crippen molar-refractivity contribution in [2.75, 3.05) is 5.32 Å². The smallest absolute Gasteiger partial charge is 0.180 e. The molecule has 0 aliphatic rings. The van der Waals surface area contributed by atoms with E-state index in [1.807, 2.05) is 30.3 Å². The number of anilines is 1. The van der Waals surface area contributed by atoms with Gasteiger partial charge in [0.05, 0.1) is 0 Å². The average Bonchev–Trinajstić information content (AvgIpc) is 2.06. The number of hydrogen-bond donors (Lipinski definition) is 2. The summed E-state index contributed by atoms with van der Waals surface area (Å²) in [4.78, 5) is 0. The molecule has 2 nitrogen and oxygen atoms in total. The van der Waals surface area contributed by atoms with Crippen molar-refractivity contribution in [3.8, 4) is 0 Å². The van der Waals surface area contributed by atoms with Crippen molar-refractivity contribution in [2.24, 2.45) is 0 Å². The molecule has 0 aliphatic heterocycles. The van der Waals surface area contributed by atoms with E-state index in [4.69, 9.17) is 12.2 Å². The Balaban J connectivity index is 2.58. The van der Waals surface area contributed by atoms with Crippen LogP contribution in [-0.2, 0) is 0 Å². The van der Waals surface area contributed by atoms with Gasteiger partial charge in [-0.05, 0) is 24.4 Å². The van der Waals surface area contributed by atoms with Crippen LogP contribution in [0, 0.1) is 0 Å². The second-order valence-electron chi connectivity index (χ2n) is 1.91. The van der Waals surface area contributed by atoms with Crippen molar-refractivity contribution < 1.29 is 0 Å². The van der Waals surface area contributed by atoms with Crippen LogP contribution in [0.4, 0.5) is 5.69 Å². The molecule has 0 bridgehead atoms. The first-order valence-electron chi connectivity index (χ1n) is 3.05. The number of hydrogen-bond acceptors (Lipinski definition) is 1. The normalized spacial score (nSPS) is 8.82. The van der Waals surface area contributed by atoms with Crippen molar-refractivity contribution >= 4 is 39.2 Å². The van der Waals surface area contributed by atoms with E-state index in [2.05, 4.69) is 25.8 Å². The lowest BCUT2D eigenvalue weighted by atomic mass is 10.3. The fraction of sp³-hybridized carbons (Fsp3) is 0. The molecule has 58 valence electrons. The number of thiocarbonyl (C=S) groups is 1. The third-order valence-electron chi connectivity index (χ3n) is 1.12. The maximum absolute atomic E-state index is 4.87. The van der Waals surface area contributed by atoms with Gasteiger partial charge in [0.2, 0.25) is 0 Å². The maximum atomic E-state index is 4.87. The Bertz CT molecular complexity index is 237. The van der Waals surface area contributed by atoms with E-state index in [1.54, 1.807) is 0 Å². The molecule has 0 spiro atoms. The average molecular weight is 231 g/mol. The van der Waals surface area contributed by atoms with Gasteiger partial charge in [0.15, 0.2) is 5.11 Å². The van der Waals surface area contributed by atoms with Gasteiger partial charge in [0, 0.05) is 21.8 Å². The van der Waals surface area contributed by atoms with Gasteiger partial charge in [0.1, 0.15) is 0 Å². The summed E-state index contributed by atoms with van der Waals surface area (Å²) >= 11 is 7.89. The molecule has 1 rings (SSSR count). The predicted octanol–water partition coefficient (Wildman–Crippen LogP) is 2.28. The van der Waals surface area contributed by atoms with Gasteiger partial charge in [-0.15, -0.1) is 0 Å². The highest BCUT2D eigenvalue weighted by molar-refractivity contribution is 9.08. The number of benzene rings is 1. The Kier molecular flexibility index (Phi) is 3.32. The Morgan fingerprint density at radius 1 is 1.27 bits per heavy atom. The van der Waals surface area contributed by atoms with Crippen molar-refractivity contribution in [2.45, 2.75) is 0 Å². The highest BCUT2D eigenvalue weighted by atomic mass is 79.9.